The first kappa shape index (κ1) is 13.2. The maximum atomic E-state index is 11.8. The highest BCUT2D eigenvalue weighted by molar-refractivity contribution is 9.13. The van der Waals surface area contributed by atoms with Crippen LogP contribution in [0.4, 0.5) is 0 Å². The first-order valence-electron chi connectivity index (χ1n) is 4.80. The lowest BCUT2D eigenvalue weighted by molar-refractivity contribution is 0.0942. The Balaban J connectivity index is 2.61. The minimum Gasteiger partial charge on any atom is -0.349 e. The van der Waals surface area contributed by atoms with Crippen LogP contribution < -0.4 is 5.32 Å². The number of carbonyl (C=O) groups is 1. The van der Waals surface area contributed by atoms with Crippen molar-refractivity contribution in [1.82, 2.24) is 5.32 Å². The third kappa shape index (κ3) is 3.89. The summed E-state index contributed by atoms with van der Waals surface area (Å²) in [6.45, 7) is 4.14. The van der Waals surface area contributed by atoms with Crippen molar-refractivity contribution in [3.05, 3.63) is 19.2 Å². The monoisotopic (exact) mass is 353 g/mol. The molecule has 0 spiro atoms. The van der Waals surface area contributed by atoms with Crippen molar-refractivity contribution in [2.24, 2.45) is 0 Å². The molecule has 15 heavy (non-hydrogen) atoms. The van der Waals surface area contributed by atoms with Gasteiger partial charge in [0.05, 0.1) is 8.66 Å². The lowest BCUT2D eigenvalue weighted by Gasteiger charge is -2.11. The van der Waals surface area contributed by atoms with E-state index in [-0.39, 0.29) is 11.9 Å². The van der Waals surface area contributed by atoms with Gasteiger partial charge in [0.2, 0.25) is 0 Å². The molecule has 0 bridgehead atoms. The molecule has 0 aromatic carbocycles. The van der Waals surface area contributed by atoms with Gasteiger partial charge in [0, 0.05) is 10.5 Å². The molecule has 0 aliphatic carbocycles. The summed E-state index contributed by atoms with van der Waals surface area (Å²) < 4.78 is 1.89. The van der Waals surface area contributed by atoms with Crippen molar-refractivity contribution >= 4 is 49.1 Å². The van der Waals surface area contributed by atoms with Crippen LogP contribution in [0.3, 0.4) is 0 Å². The van der Waals surface area contributed by atoms with E-state index in [1.165, 1.54) is 11.3 Å². The molecule has 0 aliphatic rings. The zero-order chi connectivity index (χ0) is 11.4. The molecular formula is C10H13Br2NOS. The van der Waals surface area contributed by atoms with Crippen LogP contribution >= 0.6 is 43.2 Å². The van der Waals surface area contributed by atoms with E-state index < -0.39 is 0 Å². The van der Waals surface area contributed by atoms with Crippen LogP contribution in [0.2, 0.25) is 0 Å². The van der Waals surface area contributed by atoms with E-state index in [4.69, 9.17) is 0 Å². The van der Waals surface area contributed by atoms with Gasteiger partial charge in [-0.1, -0.05) is 13.3 Å². The summed E-state index contributed by atoms with van der Waals surface area (Å²) in [5.41, 5.74) is 0. The average Bonchev–Trinajstić information content (AvgIpc) is 2.47. The lowest BCUT2D eigenvalue weighted by atomic mass is 10.2. The Labute approximate surface area is 111 Å². The van der Waals surface area contributed by atoms with E-state index in [9.17, 15) is 4.79 Å². The number of hydrogen-bond acceptors (Lipinski definition) is 2. The Hall–Kier alpha value is 0.130. The summed E-state index contributed by atoms with van der Waals surface area (Å²) in [6.07, 6.45) is 2.10. The molecule has 0 saturated carbocycles. The summed E-state index contributed by atoms with van der Waals surface area (Å²) >= 11 is 8.18. The molecule has 2 nitrogen and oxygen atoms in total. The van der Waals surface area contributed by atoms with Crippen molar-refractivity contribution in [2.75, 3.05) is 0 Å². The predicted octanol–water partition coefficient (Wildman–Crippen LogP) is 4.19. The summed E-state index contributed by atoms with van der Waals surface area (Å²) in [4.78, 5) is 12.5. The maximum Gasteiger partial charge on any atom is 0.261 e. The van der Waals surface area contributed by atoms with Crippen LogP contribution in [0.25, 0.3) is 0 Å². The Kier molecular flexibility index (Phi) is 5.29. The largest absolute Gasteiger partial charge is 0.349 e. The van der Waals surface area contributed by atoms with E-state index in [2.05, 4.69) is 44.1 Å². The fourth-order valence-electron chi connectivity index (χ4n) is 1.26. The highest BCUT2D eigenvalue weighted by Crippen LogP contribution is 2.32. The lowest BCUT2D eigenvalue weighted by Crippen LogP contribution is -2.31. The predicted molar refractivity (Wildman–Crippen MR) is 71.6 cm³/mol. The molecule has 1 amide bonds. The maximum absolute atomic E-state index is 11.8. The molecule has 1 aromatic heterocycles. The molecule has 0 unspecified atom stereocenters. The number of halogens is 2. The Morgan fingerprint density at radius 2 is 2.27 bits per heavy atom. The molecule has 84 valence electrons. The van der Waals surface area contributed by atoms with Crippen LogP contribution in [0.1, 0.15) is 36.4 Å². The first-order chi connectivity index (χ1) is 7.04. The summed E-state index contributed by atoms with van der Waals surface area (Å²) in [6, 6.07) is 2.07. The van der Waals surface area contributed by atoms with Crippen molar-refractivity contribution in [3.63, 3.8) is 0 Å². The average molecular weight is 355 g/mol. The van der Waals surface area contributed by atoms with Gasteiger partial charge in [-0.15, -0.1) is 11.3 Å². The number of thiophene rings is 1. The number of amides is 1. The molecule has 1 atom stereocenters. The molecule has 0 radical (unpaired) electrons. The molecular weight excluding hydrogens is 342 g/mol. The van der Waals surface area contributed by atoms with Crippen LogP contribution in [0.5, 0.6) is 0 Å². The molecule has 0 fully saturated rings. The summed E-state index contributed by atoms with van der Waals surface area (Å²) in [7, 11) is 0. The van der Waals surface area contributed by atoms with Crippen LogP contribution in [0.15, 0.2) is 14.3 Å². The number of rotatable bonds is 4. The SMILES string of the molecule is CCC[C@@H](C)NC(=O)c1cc(Br)c(Br)s1. The second-order valence-electron chi connectivity index (χ2n) is 3.40. The third-order valence-electron chi connectivity index (χ3n) is 1.97. The normalized spacial score (nSPS) is 12.5. The second-order valence-corrected chi connectivity index (χ2v) is 6.62. The van der Waals surface area contributed by atoms with Gasteiger partial charge in [0.1, 0.15) is 0 Å². The Morgan fingerprint density at radius 1 is 1.60 bits per heavy atom. The smallest absolute Gasteiger partial charge is 0.261 e. The highest BCUT2D eigenvalue weighted by Gasteiger charge is 2.13. The van der Waals surface area contributed by atoms with E-state index in [1.54, 1.807) is 0 Å². The highest BCUT2D eigenvalue weighted by atomic mass is 79.9. The van der Waals surface area contributed by atoms with Crippen molar-refractivity contribution in [3.8, 4) is 0 Å². The number of carbonyl (C=O) groups excluding carboxylic acids is 1. The van der Waals surface area contributed by atoms with E-state index >= 15 is 0 Å². The first-order valence-corrected chi connectivity index (χ1v) is 7.20. The molecule has 1 heterocycles. The second kappa shape index (κ2) is 6.01. The van der Waals surface area contributed by atoms with E-state index in [0.29, 0.717) is 0 Å². The zero-order valence-electron chi connectivity index (χ0n) is 8.64. The van der Waals surface area contributed by atoms with Crippen molar-refractivity contribution in [1.29, 1.82) is 0 Å². The number of hydrogen-bond donors (Lipinski definition) is 1. The topological polar surface area (TPSA) is 29.1 Å². The minimum absolute atomic E-state index is 0.00681. The van der Waals surface area contributed by atoms with Gasteiger partial charge in [0.25, 0.3) is 5.91 Å². The van der Waals surface area contributed by atoms with Gasteiger partial charge in [-0.25, -0.2) is 0 Å². The standard InChI is InChI=1S/C10H13Br2NOS/c1-3-4-6(2)13-10(14)8-5-7(11)9(12)15-8/h5-6H,3-4H2,1-2H3,(H,13,14)/t6-/m1/s1. The molecule has 0 aliphatic heterocycles. The van der Waals surface area contributed by atoms with Gasteiger partial charge >= 0.3 is 0 Å². The quantitative estimate of drug-likeness (QED) is 0.862. The van der Waals surface area contributed by atoms with E-state index in [0.717, 1.165) is 26.0 Å². The van der Waals surface area contributed by atoms with Crippen molar-refractivity contribution in [2.45, 2.75) is 32.7 Å². The van der Waals surface area contributed by atoms with Crippen LogP contribution in [0, 0.1) is 0 Å². The molecule has 1 aromatic rings. The molecule has 0 saturated heterocycles. The molecule has 1 N–H and O–H groups in total. The van der Waals surface area contributed by atoms with Crippen LogP contribution in [-0.2, 0) is 0 Å². The Bertz CT molecular complexity index is 332. The number of nitrogens with one attached hydrogen (secondary N) is 1. The van der Waals surface area contributed by atoms with Gasteiger partial charge in [-0.3, -0.25) is 4.79 Å². The van der Waals surface area contributed by atoms with Gasteiger partial charge < -0.3 is 5.32 Å². The van der Waals surface area contributed by atoms with Crippen molar-refractivity contribution < 1.29 is 4.79 Å². The fourth-order valence-corrected chi connectivity index (χ4v) is 3.20. The van der Waals surface area contributed by atoms with Gasteiger partial charge in [0.15, 0.2) is 0 Å². The van der Waals surface area contributed by atoms with Crippen LogP contribution in [-0.4, -0.2) is 11.9 Å². The molecule has 5 heteroatoms. The van der Waals surface area contributed by atoms with E-state index in [1.807, 2.05) is 13.0 Å². The zero-order valence-corrected chi connectivity index (χ0v) is 12.6. The van der Waals surface area contributed by atoms with Gasteiger partial charge in [-0.05, 0) is 51.3 Å². The third-order valence-corrected chi connectivity index (χ3v) is 5.22. The summed E-state index contributed by atoms with van der Waals surface area (Å²) in [5, 5.41) is 2.97. The minimum atomic E-state index is 0.00681. The van der Waals surface area contributed by atoms with Gasteiger partial charge in [-0.2, -0.15) is 0 Å². The molecule has 1 rings (SSSR count). The fraction of sp³-hybridized carbons (Fsp3) is 0.500. The Morgan fingerprint density at radius 3 is 2.73 bits per heavy atom. The summed E-state index contributed by atoms with van der Waals surface area (Å²) in [5.74, 6) is 0.00681.